The van der Waals surface area contributed by atoms with Gasteiger partial charge in [-0.05, 0) is 44.7 Å². The zero-order valence-electron chi connectivity index (χ0n) is 21.1. The maximum absolute atomic E-state index is 13.1. The normalized spacial score (nSPS) is 20.5. The molecular formula is C26H25N11O2. The number of hydrogen-bond donors (Lipinski definition) is 2. The number of nitrogen functional groups attached to an aromatic ring is 1. The average molecular weight is 524 g/mol. The molecule has 3 atom stereocenters. The Labute approximate surface area is 222 Å². The molecule has 0 aromatic carbocycles. The third-order valence-corrected chi connectivity index (χ3v) is 7.86. The lowest BCUT2D eigenvalue weighted by atomic mass is 9.85. The van der Waals surface area contributed by atoms with E-state index in [2.05, 4.69) is 30.2 Å². The standard InChI is InChI=1S/C26H25N11O2/c1-14(38)21-22(16-8-17-3-4-18(9-16)36(17)26(39)24-30-12-31-34-24)33-25-19(11-32-37(25)23(21)27)15-2-5-20(29-10-15)35-7-6-28-13-35/h2,5-7,10-13,16-18H,3-4,8-9,27H2,1H3,(H,30,31,34)/t16?,17-,18+. The van der Waals surface area contributed by atoms with E-state index in [4.69, 9.17) is 10.7 Å². The Morgan fingerprint density at radius 3 is 2.56 bits per heavy atom. The molecule has 2 bridgehead atoms. The second-order valence-electron chi connectivity index (χ2n) is 10.1. The predicted molar refractivity (Wildman–Crippen MR) is 139 cm³/mol. The molecule has 13 nitrogen and oxygen atoms in total. The zero-order valence-corrected chi connectivity index (χ0v) is 21.1. The maximum Gasteiger partial charge on any atom is 0.291 e. The number of amides is 1. The molecule has 7 heterocycles. The van der Waals surface area contributed by atoms with E-state index in [1.54, 1.807) is 24.9 Å². The third-order valence-electron chi connectivity index (χ3n) is 7.86. The molecule has 2 saturated heterocycles. The number of rotatable bonds is 5. The Kier molecular flexibility index (Phi) is 5.25. The van der Waals surface area contributed by atoms with Crippen LogP contribution in [0.25, 0.3) is 22.6 Å². The second-order valence-corrected chi connectivity index (χ2v) is 10.1. The number of nitrogens with zero attached hydrogens (tertiary/aromatic N) is 9. The van der Waals surface area contributed by atoms with Gasteiger partial charge in [-0.15, -0.1) is 0 Å². The molecule has 13 heteroatoms. The van der Waals surface area contributed by atoms with E-state index < -0.39 is 0 Å². The summed E-state index contributed by atoms with van der Waals surface area (Å²) in [6, 6.07) is 3.89. The van der Waals surface area contributed by atoms with Crippen molar-refractivity contribution in [1.29, 1.82) is 0 Å². The monoisotopic (exact) mass is 523 g/mol. The first-order valence-corrected chi connectivity index (χ1v) is 12.8. The quantitative estimate of drug-likeness (QED) is 0.329. The van der Waals surface area contributed by atoms with E-state index in [1.165, 1.54) is 17.8 Å². The van der Waals surface area contributed by atoms with Crippen LogP contribution in [0.3, 0.4) is 0 Å². The van der Waals surface area contributed by atoms with E-state index in [-0.39, 0.29) is 41.3 Å². The van der Waals surface area contributed by atoms with Crippen molar-refractivity contribution in [2.75, 3.05) is 5.73 Å². The molecule has 2 aliphatic heterocycles. The number of ketones is 1. The fraction of sp³-hybridized carbons (Fsp3) is 0.308. The van der Waals surface area contributed by atoms with Gasteiger partial charge in [-0.25, -0.2) is 19.9 Å². The molecule has 1 unspecified atom stereocenters. The topological polar surface area (TPSA) is 166 Å². The molecule has 7 rings (SSSR count). The molecule has 0 aliphatic carbocycles. The van der Waals surface area contributed by atoms with E-state index in [1.807, 2.05) is 27.8 Å². The summed E-state index contributed by atoms with van der Waals surface area (Å²) in [6.07, 6.45) is 13.2. The lowest BCUT2D eigenvalue weighted by Crippen LogP contribution is -2.46. The number of Topliss-reactive ketones (excluding diaryl/α,β-unsaturated/α-hetero) is 1. The summed E-state index contributed by atoms with van der Waals surface area (Å²) in [6.45, 7) is 1.50. The Hall–Kier alpha value is -4.94. The minimum Gasteiger partial charge on any atom is -0.383 e. The lowest BCUT2D eigenvalue weighted by molar-refractivity contribution is 0.0556. The summed E-state index contributed by atoms with van der Waals surface area (Å²) in [7, 11) is 0. The van der Waals surface area contributed by atoms with Crippen molar-refractivity contribution < 1.29 is 9.59 Å². The van der Waals surface area contributed by atoms with Crippen LogP contribution >= 0.6 is 0 Å². The number of hydrogen-bond acceptors (Lipinski definition) is 9. The second kappa shape index (κ2) is 8.82. The summed E-state index contributed by atoms with van der Waals surface area (Å²) in [4.78, 5) is 45.6. The van der Waals surface area contributed by atoms with Crippen LogP contribution in [0.15, 0.2) is 49.6 Å². The van der Waals surface area contributed by atoms with Crippen molar-refractivity contribution in [3.63, 3.8) is 0 Å². The number of imidazole rings is 1. The van der Waals surface area contributed by atoms with Crippen molar-refractivity contribution >= 4 is 23.2 Å². The SMILES string of the molecule is CC(=O)c1c(C2C[C@H]3CC[C@@H](C2)N3C(=O)c2ncn[nH]2)nc2c(-c3ccc(-n4ccnc4)nc3)cnn2c1N. The lowest BCUT2D eigenvalue weighted by Gasteiger charge is -2.38. The molecule has 39 heavy (non-hydrogen) atoms. The molecule has 2 fully saturated rings. The van der Waals surface area contributed by atoms with Crippen LogP contribution < -0.4 is 5.73 Å². The van der Waals surface area contributed by atoms with Crippen LogP contribution in [0.5, 0.6) is 0 Å². The minimum atomic E-state index is -0.159. The molecule has 0 saturated carbocycles. The van der Waals surface area contributed by atoms with Crippen molar-refractivity contribution in [3.8, 4) is 16.9 Å². The van der Waals surface area contributed by atoms with Gasteiger partial charge in [0.25, 0.3) is 5.91 Å². The number of anilines is 1. The number of H-pyrrole nitrogens is 1. The van der Waals surface area contributed by atoms with E-state index in [0.29, 0.717) is 29.7 Å². The molecule has 1 amide bonds. The van der Waals surface area contributed by atoms with Gasteiger partial charge in [0.15, 0.2) is 11.4 Å². The molecule has 0 spiro atoms. The minimum absolute atomic E-state index is 0.0229. The van der Waals surface area contributed by atoms with Gasteiger partial charge in [0, 0.05) is 47.7 Å². The van der Waals surface area contributed by atoms with E-state index in [9.17, 15) is 9.59 Å². The highest BCUT2D eigenvalue weighted by atomic mass is 16.2. The molecule has 5 aromatic heterocycles. The van der Waals surface area contributed by atoms with Crippen molar-refractivity contribution in [2.24, 2.45) is 0 Å². The van der Waals surface area contributed by atoms with Gasteiger partial charge >= 0.3 is 0 Å². The number of carbonyl (C=O) groups is 2. The van der Waals surface area contributed by atoms with Crippen LogP contribution in [0.4, 0.5) is 5.82 Å². The average Bonchev–Trinajstić information content (AvgIpc) is 3.75. The predicted octanol–water partition coefficient (Wildman–Crippen LogP) is 2.43. The summed E-state index contributed by atoms with van der Waals surface area (Å²) in [5, 5.41) is 11.0. The van der Waals surface area contributed by atoms with Crippen LogP contribution in [0, 0.1) is 0 Å². The van der Waals surface area contributed by atoms with Crippen LogP contribution in [0.1, 0.15) is 65.2 Å². The fourth-order valence-corrected chi connectivity index (χ4v) is 6.15. The fourth-order valence-electron chi connectivity index (χ4n) is 6.15. The highest BCUT2D eigenvalue weighted by Gasteiger charge is 2.45. The van der Waals surface area contributed by atoms with Crippen molar-refractivity contribution in [2.45, 2.75) is 50.6 Å². The van der Waals surface area contributed by atoms with Crippen LogP contribution in [-0.2, 0) is 0 Å². The van der Waals surface area contributed by atoms with Gasteiger partial charge in [0.1, 0.15) is 24.3 Å². The Morgan fingerprint density at radius 2 is 1.92 bits per heavy atom. The molecule has 5 aromatic rings. The Morgan fingerprint density at radius 1 is 1.10 bits per heavy atom. The van der Waals surface area contributed by atoms with Crippen LogP contribution in [-0.4, -0.2) is 73.0 Å². The van der Waals surface area contributed by atoms with Gasteiger partial charge < -0.3 is 10.6 Å². The third kappa shape index (κ3) is 3.68. The summed E-state index contributed by atoms with van der Waals surface area (Å²) >= 11 is 0. The number of carbonyl (C=O) groups excluding carboxylic acids is 2. The van der Waals surface area contributed by atoms with Crippen molar-refractivity contribution in [1.82, 2.24) is 49.2 Å². The highest BCUT2D eigenvalue weighted by molar-refractivity contribution is 6.00. The first-order valence-electron chi connectivity index (χ1n) is 12.8. The number of nitrogens with one attached hydrogen (secondary N) is 1. The van der Waals surface area contributed by atoms with E-state index in [0.717, 1.165) is 29.8 Å². The number of aromatic nitrogens is 9. The number of pyridine rings is 1. The molecular weight excluding hydrogens is 498 g/mol. The Balaban J connectivity index is 1.27. The largest absolute Gasteiger partial charge is 0.383 e. The van der Waals surface area contributed by atoms with Gasteiger partial charge in [-0.1, -0.05) is 0 Å². The summed E-state index contributed by atoms with van der Waals surface area (Å²) in [5.74, 6) is 0.920. The molecule has 3 N–H and O–H groups in total. The van der Waals surface area contributed by atoms with Gasteiger partial charge in [-0.2, -0.15) is 14.7 Å². The number of aromatic amines is 1. The number of piperidine rings is 1. The first-order chi connectivity index (χ1) is 19.0. The molecule has 0 radical (unpaired) electrons. The number of nitrogens with two attached hydrogens (primary N) is 1. The van der Waals surface area contributed by atoms with Gasteiger partial charge in [0.2, 0.25) is 5.82 Å². The summed E-state index contributed by atoms with van der Waals surface area (Å²) in [5.41, 5.74) is 9.79. The van der Waals surface area contributed by atoms with E-state index >= 15 is 0 Å². The summed E-state index contributed by atoms with van der Waals surface area (Å²) < 4.78 is 3.34. The molecule has 196 valence electrons. The maximum atomic E-state index is 13.1. The first kappa shape index (κ1) is 23.2. The van der Waals surface area contributed by atoms with Gasteiger partial charge in [0.05, 0.1) is 17.5 Å². The van der Waals surface area contributed by atoms with Crippen LogP contribution in [0.2, 0.25) is 0 Å². The Bertz CT molecular complexity index is 1680. The smallest absolute Gasteiger partial charge is 0.291 e. The molecule has 2 aliphatic rings. The zero-order chi connectivity index (χ0) is 26.7. The van der Waals surface area contributed by atoms with Crippen molar-refractivity contribution in [3.05, 3.63) is 66.7 Å². The highest BCUT2D eigenvalue weighted by Crippen LogP contribution is 2.45. The number of fused-ring (bicyclic) bond motifs is 3. The van der Waals surface area contributed by atoms with Gasteiger partial charge in [-0.3, -0.25) is 19.3 Å².